The first kappa shape index (κ1) is 20.4. The van der Waals surface area contributed by atoms with Crippen molar-refractivity contribution in [3.63, 3.8) is 0 Å². The highest BCUT2D eigenvalue weighted by atomic mass is 16.5. The van der Waals surface area contributed by atoms with Crippen LogP contribution in [0.25, 0.3) is 22.3 Å². The number of aromatic amines is 1. The maximum Gasteiger partial charge on any atom is 0.342 e. The van der Waals surface area contributed by atoms with Crippen molar-refractivity contribution in [3.05, 3.63) is 54.1 Å². The van der Waals surface area contributed by atoms with Gasteiger partial charge in [0.25, 0.3) is 0 Å². The fourth-order valence-corrected chi connectivity index (χ4v) is 4.82. The first-order valence-corrected chi connectivity index (χ1v) is 11.0. The number of nitrogens with zero attached hydrogens (tertiary/aromatic N) is 3. The third kappa shape index (κ3) is 4.15. The summed E-state index contributed by atoms with van der Waals surface area (Å²) in [5.41, 5.74) is 3.04. The molecule has 2 unspecified atom stereocenters. The van der Waals surface area contributed by atoms with Gasteiger partial charge in [0.2, 0.25) is 5.65 Å². The zero-order valence-electron chi connectivity index (χ0n) is 18.5. The van der Waals surface area contributed by atoms with E-state index in [-0.39, 0.29) is 23.5 Å². The van der Waals surface area contributed by atoms with Gasteiger partial charge in [-0.3, -0.25) is 4.98 Å². The Balaban J connectivity index is 1.38. The summed E-state index contributed by atoms with van der Waals surface area (Å²) in [5.74, 6) is 0.520. The number of carbonyl (C=O) groups excluding carboxylic acids is 1. The summed E-state index contributed by atoms with van der Waals surface area (Å²) in [6.07, 6.45) is 2.79. The second-order valence-corrected chi connectivity index (χ2v) is 9.47. The molecule has 1 saturated carbocycles. The van der Waals surface area contributed by atoms with Gasteiger partial charge in [-0.1, -0.05) is 45.0 Å². The molecule has 5 rings (SSSR count). The van der Waals surface area contributed by atoms with Crippen LogP contribution in [0.15, 0.2) is 48.5 Å². The van der Waals surface area contributed by atoms with Gasteiger partial charge in [0, 0.05) is 0 Å². The van der Waals surface area contributed by atoms with Gasteiger partial charge in [0.05, 0.1) is 11.0 Å². The van der Waals surface area contributed by atoms with Crippen LogP contribution in [0, 0.1) is 11.3 Å². The highest BCUT2D eigenvalue weighted by Crippen LogP contribution is 2.40. The Morgan fingerprint density at radius 2 is 1.72 bits per heavy atom. The molecule has 0 amide bonds. The zero-order valence-corrected chi connectivity index (χ0v) is 18.5. The molecule has 0 radical (unpaired) electrons. The van der Waals surface area contributed by atoms with Gasteiger partial charge >= 0.3 is 12.0 Å². The van der Waals surface area contributed by atoms with Crippen LogP contribution >= 0.6 is 0 Å². The zero-order chi connectivity index (χ0) is 22.3. The number of ether oxygens (including phenoxy) is 2. The minimum absolute atomic E-state index is 0.0960. The molecule has 7 heteroatoms. The largest absolute Gasteiger partial charge is 0.459 e. The molecule has 164 valence electrons. The number of rotatable bonds is 4. The molecule has 32 heavy (non-hydrogen) atoms. The third-order valence-electron chi connectivity index (χ3n) is 5.92. The van der Waals surface area contributed by atoms with Crippen LogP contribution in [0.2, 0.25) is 0 Å². The first-order chi connectivity index (χ1) is 15.4. The molecule has 0 saturated heterocycles. The van der Waals surface area contributed by atoms with Gasteiger partial charge in [0.15, 0.2) is 5.65 Å². The number of aromatic nitrogens is 4. The van der Waals surface area contributed by atoms with Gasteiger partial charge in [-0.05, 0) is 54.9 Å². The molecule has 2 aromatic carbocycles. The van der Waals surface area contributed by atoms with E-state index in [0.29, 0.717) is 28.5 Å². The van der Waals surface area contributed by atoms with Crippen molar-refractivity contribution in [1.82, 2.24) is 19.9 Å². The van der Waals surface area contributed by atoms with Crippen molar-refractivity contribution in [2.45, 2.75) is 46.1 Å². The molecule has 1 fully saturated rings. The molecule has 2 heterocycles. The number of esters is 1. The standard InChI is InChI=1S/C25H26N4O3/c1-15-12-16(14-25(2,3)13-15)31-23(30)17-8-4-7-11-20(17)32-24-28-21-22(29-24)27-19-10-6-5-9-18(19)26-21/h4-11,15-16H,12-14H2,1-3H3,(H,26,27,28,29). The van der Waals surface area contributed by atoms with Crippen molar-refractivity contribution >= 4 is 28.3 Å². The molecule has 4 aromatic rings. The van der Waals surface area contributed by atoms with Crippen LogP contribution in [-0.4, -0.2) is 32.0 Å². The number of hydrogen-bond donors (Lipinski definition) is 1. The van der Waals surface area contributed by atoms with E-state index in [1.54, 1.807) is 18.2 Å². The van der Waals surface area contributed by atoms with E-state index in [1.807, 2.05) is 30.3 Å². The molecule has 0 bridgehead atoms. The molecule has 2 aromatic heterocycles. The summed E-state index contributed by atoms with van der Waals surface area (Å²) < 4.78 is 11.8. The van der Waals surface area contributed by atoms with E-state index in [0.717, 1.165) is 30.3 Å². The third-order valence-corrected chi connectivity index (χ3v) is 5.92. The number of nitrogens with one attached hydrogen (secondary N) is 1. The number of para-hydroxylation sites is 3. The molecule has 7 nitrogen and oxygen atoms in total. The minimum atomic E-state index is -0.381. The number of benzene rings is 2. The van der Waals surface area contributed by atoms with E-state index in [2.05, 4.69) is 40.7 Å². The maximum atomic E-state index is 13.0. The number of hydrogen-bond acceptors (Lipinski definition) is 6. The van der Waals surface area contributed by atoms with Gasteiger partial charge < -0.3 is 9.47 Å². The maximum absolute atomic E-state index is 13.0. The minimum Gasteiger partial charge on any atom is -0.459 e. The Hall–Kier alpha value is -3.48. The fraction of sp³-hybridized carbons (Fsp3) is 0.360. The summed E-state index contributed by atoms with van der Waals surface area (Å²) in [7, 11) is 0. The van der Waals surface area contributed by atoms with Crippen molar-refractivity contribution < 1.29 is 14.3 Å². The summed E-state index contributed by atoms with van der Waals surface area (Å²) in [6.45, 7) is 6.67. The monoisotopic (exact) mass is 430 g/mol. The normalized spacial score (nSPS) is 20.3. The van der Waals surface area contributed by atoms with Gasteiger partial charge in [-0.2, -0.15) is 4.98 Å². The lowest BCUT2D eigenvalue weighted by Crippen LogP contribution is -2.34. The van der Waals surface area contributed by atoms with Crippen LogP contribution in [0.4, 0.5) is 0 Å². The highest BCUT2D eigenvalue weighted by Gasteiger charge is 2.34. The first-order valence-electron chi connectivity index (χ1n) is 11.0. The second kappa shape index (κ2) is 7.89. The predicted octanol–water partition coefficient (Wildman–Crippen LogP) is 5.67. The molecule has 1 aliphatic carbocycles. The molecule has 0 aliphatic heterocycles. The van der Waals surface area contributed by atoms with E-state index in [1.165, 1.54) is 0 Å². The van der Waals surface area contributed by atoms with E-state index >= 15 is 0 Å². The molecular weight excluding hydrogens is 404 g/mol. The summed E-state index contributed by atoms with van der Waals surface area (Å²) in [6, 6.07) is 14.9. The van der Waals surface area contributed by atoms with Crippen molar-refractivity contribution in [1.29, 1.82) is 0 Å². The lowest BCUT2D eigenvalue weighted by Gasteiger charge is -2.38. The Kier molecular flexibility index (Phi) is 5.04. The lowest BCUT2D eigenvalue weighted by atomic mass is 9.71. The summed E-state index contributed by atoms with van der Waals surface area (Å²) >= 11 is 0. The van der Waals surface area contributed by atoms with Crippen LogP contribution in [0.3, 0.4) is 0 Å². The number of fused-ring (bicyclic) bond motifs is 2. The molecular formula is C25H26N4O3. The van der Waals surface area contributed by atoms with E-state index in [4.69, 9.17) is 9.47 Å². The topological polar surface area (TPSA) is 90.0 Å². The second-order valence-electron chi connectivity index (χ2n) is 9.47. The van der Waals surface area contributed by atoms with Crippen molar-refractivity contribution in [2.75, 3.05) is 0 Å². The van der Waals surface area contributed by atoms with Gasteiger partial charge in [0.1, 0.15) is 17.4 Å². The van der Waals surface area contributed by atoms with Crippen LogP contribution in [-0.2, 0) is 4.74 Å². The average Bonchev–Trinajstić information content (AvgIpc) is 3.11. The smallest absolute Gasteiger partial charge is 0.342 e. The predicted molar refractivity (Wildman–Crippen MR) is 122 cm³/mol. The number of H-pyrrole nitrogens is 1. The molecule has 2 atom stereocenters. The highest BCUT2D eigenvalue weighted by molar-refractivity contribution is 5.92. The van der Waals surface area contributed by atoms with Gasteiger partial charge in [-0.25, -0.2) is 14.8 Å². The Morgan fingerprint density at radius 1 is 1.00 bits per heavy atom. The SMILES string of the molecule is CC1CC(OC(=O)c2ccccc2Oc2nc3nc4ccccc4nc3[nH]2)CC(C)(C)C1. The summed E-state index contributed by atoms with van der Waals surface area (Å²) in [4.78, 5) is 29.5. The Bertz CT molecular complexity index is 1240. The number of imidazole rings is 1. The fourth-order valence-electron chi connectivity index (χ4n) is 4.82. The van der Waals surface area contributed by atoms with Gasteiger partial charge in [-0.15, -0.1) is 0 Å². The Labute approximate surface area is 186 Å². The van der Waals surface area contributed by atoms with E-state index < -0.39 is 0 Å². The van der Waals surface area contributed by atoms with E-state index in [9.17, 15) is 4.79 Å². The van der Waals surface area contributed by atoms with Crippen molar-refractivity contribution in [3.8, 4) is 11.8 Å². The molecule has 1 N–H and O–H groups in total. The molecule has 0 spiro atoms. The van der Waals surface area contributed by atoms with Crippen LogP contribution in [0.1, 0.15) is 50.4 Å². The van der Waals surface area contributed by atoms with Crippen LogP contribution in [0.5, 0.6) is 11.8 Å². The number of carbonyl (C=O) groups is 1. The summed E-state index contributed by atoms with van der Waals surface area (Å²) in [5, 5.41) is 0. The van der Waals surface area contributed by atoms with Crippen molar-refractivity contribution in [2.24, 2.45) is 11.3 Å². The quantitative estimate of drug-likeness (QED) is 0.420. The molecule has 1 aliphatic rings. The lowest BCUT2D eigenvalue weighted by molar-refractivity contribution is -0.00732. The van der Waals surface area contributed by atoms with Crippen LogP contribution < -0.4 is 4.74 Å². The average molecular weight is 431 g/mol. The Morgan fingerprint density at radius 3 is 2.50 bits per heavy atom.